The Balaban J connectivity index is 1.69. The number of amides is 1. The lowest BCUT2D eigenvalue weighted by Gasteiger charge is -2.36. The summed E-state index contributed by atoms with van der Waals surface area (Å²) < 4.78 is 37.0. The molecule has 1 amide bonds. The number of hydrogen-bond donors (Lipinski definition) is 0. The van der Waals surface area contributed by atoms with Crippen molar-refractivity contribution >= 4 is 11.6 Å². The van der Waals surface area contributed by atoms with Crippen molar-refractivity contribution in [1.82, 2.24) is 4.90 Å². The minimum atomic E-state index is -1.02. The number of nitrogens with zero attached hydrogens (tertiary/aromatic N) is 2. The average molecular weight is 362 g/mol. The minimum absolute atomic E-state index is 0.152. The fraction of sp³-hybridized carbons (Fsp3) is 0.316. The molecule has 2 aromatic rings. The number of hydrogen-bond acceptors (Lipinski definition) is 4. The first-order chi connectivity index (χ1) is 12.5. The molecule has 0 aliphatic carbocycles. The monoisotopic (exact) mass is 362 g/mol. The van der Waals surface area contributed by atoms with Crippen LogP contribution >= 0.6 is 0 Å². The van der Waals surface area contributed by atoms with E-state index in [0.29, 0.717) is 37.7 Å². The van der Waals surface area contributed by atoms with Crippen molar-refractivity contribution in [3.8, 4) is 11.5 Å². The summed E-state index contributed by atoms with van der Waals surface area (Å²) in [6.07, 6.45) is 0. The molecule has 5 nitrogen and oxygen atoms in total. The van der Waals surface area contributed by atoms with Gasteiger partial charge in [-0.25, -0.2) is 8.78 Å². The van der Waals surface area contributed by atoms with E-state index >= 15 is 0 Å². The Morgan fingerprint density at radius 1 is 0.923 bits per heavy atom. The van der Waals surface area contributed by atoms with Crippen molar-refractivity contribution in [3.63, 3.8) is 0 Å². The highest BCUT2D eigenvalue weighted by Gasteiger charge is 2.24. The smallest absolute Gasteiger partial charge is 0.254 e. The van der Waals surface area contributed by atoms with Gasteiger partial charge in [-0.15, -0.1) is 0 Å². The number of carbonyl (C=O) groups excluding carboxylic acids is 1. The topological polar surface area (TPSA) is 42.0 Å². The highest BCUT2D eigenvalue weighted by Crippen LogP contribution is 2.32. The first-order valence-electron chi connectivity index (χ1n) is 8.25. The second kappa shape index (κ2) is 7.59. The summed E-state index contributed by atoms with van der Waals surface area (Å²) in [7, 11) is 3.19. The van der Waals surface area contributed by atoms with E-state index in [4.69, 9.17) is 9.47 Å². The molecular formula is C19H20F2N2O3. The molecule has 0 atom stereocenters. The van der Waals surface area contributed by atoms with Crippen molar-refractivity contribution < 1.29 is 23.0 Å². The first kappa shape index (κ1) is 18.0. The number of ether oxygens (including phenoxy) is 2. The van der Waals surface area contributed by atoms with Crippen LogP contribution in [-0.2, 0) is 0 Å². The molecule has 0 saturated carbocycles. The van der Waals surface area contributed by atoms with Gasteiger partial charge in [-0.1, -0.05) is 0 Å². The summed E-state index contributed by atoms with van der Waals surface area (Å²) in [5.74, 6) is -0.872. The Labute approximate surface area is 150 Å². The summed E-state index contributed by atoms with van der Waals surface area (Å²) >= 11 is 0. The quantitative estimate of drug-likeness (QED) is 0.839. The molecule has 1 aliphatic heterocycles. The third-order valence-corrected chi connectivity index (χ3v) is 4.46. The third kappa shape index (κ3) is 3.56. The molecular weight excluding hydrogens is 342 g/mol. The van der Waals surface area contributed by atoms with E-state index in [1.165, 1.54) is 6.07 Å². The van der Waals surface area contributed by atoms with Crippen LogP contribution in [0.3, 0.4) is 0 Å². The van der Waals surface area contributed by atoms with Crippen LogP contribution in [0.4, 0.5) is 14.5 Å². The third-order valence-electron chi connectivity index (χ3n) is 4.46. The number of halogens is 2. The van der Waals surface area contributed by atoms with E-state index in [-0.39, 0.29) is 11.5 Å². The second-order valence-electron chi connectivity index (χ2n) is 5.95. The van der Waals surface area contributed by atoms with Crippen LogP contribution in [0.2, 0.25) is 0 Å². The Morgan fingerprint density at radius 2 is 1.65 bits per heavy atom. The molecule has 0 spiro atoms. The predicted molar refractivity (Wildman–Crippen MR) is 94.0 cm³/mol. The van der Waals surface area contributed by atoms with E-state index in [9.17, 15) is 13.6 Å². The fourth-order valence-electron chi connectivity index (χ4n) is 3.01. The lowest BCUT2D eigenvalue weighted by Crippen LogP contribution is -2.48. The standard InChI is InChI=1S/C19H20F2N2O3/c1-25-14-4-6-17(18(12-14)26-2)22-7-9-23(10-8-22)19(24)13-3-5-15(20)16(21)11-13/h3-6,11-12H,7-10H2,1-2H3. The number of piperazine rings is 1. The van der Waals surface area contributed by atoms with Gasteiger partial charge in [0.05, 0.1) is 19.9 Å². The summed E-state index contributed by atoms with van der Waals surface area (Å²) in [6, 6.07) is 8.81. The van der Waals surface area contributed by atoms with Gasteiger partial charge in [0.2, 0.25) is 0 Å². The molecule has 3 rings (SSSR count). The zero-order chi connectivity index (χ0) is 18.7. The average Bonchev–Trinajstić information content (AvgIpc) is 2.69. The summed E-state index contributed by atoms with van der Waals surface area (Å²) in [5.41, 5.74) is 1.08. The number of methoxy groups -OCH3 is 2. The minimum Gasteiger partial charge on any atom is -0.497 e. The van der Waals surface area contributed by atoms with Gasteiger partial charge in [0.25, 0.3) is 5.91 Å². The van der Waals surface area contributed by atoms with Crippen LogP contribution in [0, 0.1) is 11.6 Å². The van der Waals surface area contributed by atoms with Crippen LogP contribution in [0.1, 0.15) is 10.4 Å². The van der Waals surface area contributed by atoms with E-state index in [1.54, 1.807) is 19.1 Å². The molecule has 0 bridgehead atoms. The Morgan fingerprint density at radius 3 is 2.27 bits per heavy atom. The molecule has 1 saturated heterocycles. The molecule has 1 aliphatic rings. The first-order valence-corrected chi connectivity index (χ1v) is 8.25. The maximum absolute atomic E-state index is 13.4. The highest BCUT2D eigenvalue weighted by atomic mass is 19.2. The SMILES string of the molecule is COc1ccc(N2CCN(C(=O)c3ccc(F)c(F)c3)CC2)c(OC)c1. The van der Waals surface area contributed by atoms with Crippen molar-refractivity contribution in [2.45, 2.75) is 0 Å². The molecule has 1 heterocycles. The van der Waals surface area contributed by atoms with E-state index in [1.807, 2.05) is 18.2 Å². The van der Waals surface area contributed by atoms with Gasteiger partial charge >= 0.3 is 0 Å². The van der Waals surface area contributed by atoms with Crippen LogP contribution in [0.15, 0.2) is 36.4 Å². The largest absolute Gasteiger partial charge is 0.497 e. The van der Waals surface area contributed by atoms with Crippen LogP contribution in [0.5, 0.6) is 11.5 Å². The highest BCUT2D eigenvalue weighted by molar-refractivity contribution is 5.94. The molecule has 0 aromatic heterocycles. The Hall–Kier alpha value is -2.83. The Bertz CT molecular complexity index is 805. The number of carbonyl (C=O) groups is 1. The van der Waals surface area contributed by atoms with E-state index in [2.05, 4.69) is 4.90 Å². The van der Waals surface area contributed by atoms with Crippen LogP contribution in [0.25, 0.3) is 0 Å². The Kier molecular flexibility index (Phi) is 5.25. The fourth-order valence-corrected chi connectivity index (χ4v) is 3.01. The molecule has 1 fully saturated rings. The molecule has 0 N–H and O–H groups in total. The second-order valence-corrected chi connectivity index (χ2v) is 5.95. The van der Waals surface area contributed by atoms with E-state index < -0.39 is 11.6 Å². The van der Waals surface area contributed by atoms with Gasteiger partial charge in [0.15, 0.2) is 11.6 Å². The summed E-state index contributed by atoms with van der Waals surface area (Å²) in [6.45, 7) is 2.18. The van der Waals surface area contributed by atoms with Gasteiger partial charge in [-0.05, 0) is 30.3 Å². The van der Waals surface area contributed by atoms with E-state index in [0.717, 1.165) is 17.8 Å². The molecule has 0 radical (unpaired) electrons. The van der Waals surface area contributed by atoms with Crippen molar-refractivity contribution in [2.75, 3.05) is 45.3 Å². The zero-order valence-corrected chi connectivity index (χ0v) is 14.7. The van der Waals surface area contributed by atoms with Gasteiger partial charge in [-0.3, -0.25) is 4.79 Å². The van der Waals surface area contributed by atoms with Crippen LogP contribution < -0.4 is 14.4 Å². The molecule has 0 unspecified atom stereocenters. The van der Waals surface area contributed by atoms with Crippen molar-refractivity contribution in [3.05, 3.63) is 53.6 Å². The van der Waals surface area contributed by atoms with Crippen molar-refractivity contribution in [1.29, 1.82) is 0 Å². The predicted octanol–water partition coefficient (Wildman–Crippen LogP) is 2.94. The molecule has 2 aromatic carbocycles. The molecule has 7 heteroatoms. The van der Waals surface area contributed by atoms with Gasteiger partial charge in [-0.2, -0.15) is 0 Å². The summed E-state index contributed by atoms with van der Waals surface area (Å²) in [5, 5.41) is 0. The van der Waals surface area contributed by atoms with Crippen LogP contribution in [-0.4, -0.2) is 51.2 Å². The maximum Gasteiger partial charge on any atom is 0.254 e. The number of benzene rings is 2. The number of rotatable bonds is 4. The normalized spacial score (nSPS) is 14.3. The number of anilines is 1. The zero-order valence-electron chi connectivity index (χ0n) is 14.7. The lowest BCUT2D eigenvalue weighted by molar-refractivity contribution is 0.0746. The molecule has 138 valence electrons. The lowest BCUT2D eigenvalue weighted by atomic mass is 10.1. The van der Waals surface area contributed by atoms with Gasteiger partial charge in [0.1, 0.15) is 11.5 Å². The van der Waals surface area contributed by atoms with Gasteiger partial charge in [0, 0.05) is 37.8 Å². The molecule has 26 heavy (non-hydrogen) atoms. The summed E-state index contributed by atoms with van der Waals surface area (Å²) in [4.78, 5) is 16.2. The van der Waals surface area contributed by atoms with Gasteiger partial charge < -0.3 is 19.3 Å². The van der Waals surface area contributed by atoms with Crippen molar-refractivity contribution in [2.24, 2.45) is 0 Å². The maximum atomic E-state index is 13.4.